The van der Waals surface area contributed by atoms with Gasteiger partial charge in [0.1, 0.15) is 12.7 Å². The molecule has 1 heterocycles. The van der Waals surface area contributed by atoms with E-state index >= 15 is 0 Å². The summed E-state index contributed by atoms with van der Waals surface area (Å²) in [6.07, 6.45) is 0.00439. The van der Waals surface area contributed by atoms with Gasteiger partial charge in [0, 0.05) is 18.7 Å². The van der Waals surface area contributed by atoms with E-state index in [1.165, 1.54) is 0 Å². The predicted octanol–water partition coefficient (Wildman–Crippen LogP) is 2.45. The van der Waals surface area contributed by atoms with Crippen LogP contribution in [0.3, 0.4) is 0 Å². The Morgan fingerprint density at radius 3 is 2.54 bits per heavy atom. The minimum atomic E-state index is -0.402. The molecule has 1 aliphatic rings. The molecule has 126 valence electrons. The first kappa shape index (κ1) is 16.3. The third-order valence-electron chi connectivity index (χ3n) is 4.12. The second kappa shape index (κ2) is 7.36. The summed E-state index contributed by atoms with van der Waals surface area (Å²) in [5, 5.41) is 0. The van der Waals surface area contributed by atoms with E-state index in [1.807, 2.05) is 36.4 Å². The monoisotopic (exact) mass is 326 g/mol. The van der Waals surface area contributed by atoms with Crippen molar-refractivity contribution in [2.45, 2.75) is 19.6 Å². The molecule has 0 fully saturated rings. The molecule has 0 unspecified atom stereocenters. The molecule has 2 aromatic rings. The van der Waals surface area contributed by atoms with Crippen molar-refractivity contribution in [2.75, 3.05) is 19.7 Å². The van der Waals surface area contributed by atoms with Crippen LogP contribution >= 0.6 is 0 Å². The Morgan fingerprint density at radius 2 is 1.88 bits per heavy atom. The average molecular weight is 326 g/mol. The number of nitrogens with zero attached hydrogens (tertiary/aromatic N) is 1. The number of para-hydroxylation sites is 2. The third-order valence-corrected chi connectivity index (χ3v) is 4.12. The second-order valence-electron chi connectivity index (χ2n) is 5.89. The van der Waals surface area contributed by atoms with Crippen LogP contribution in [0.4, 0.5) is 0 Å². The molecule has 1 aliphatic heterocycles. The normalized spacial score (nSPS) is 16.2. The molecule has 3 rings (SSSR count). The second-order valence-corrected chi connectivity index (χ2v) is 5.89. The van der Waals surface area contributed by atoms with E-state index in [-0.39, 0.29) is 6.10 Å². The van der Waals surface area contributed by atoms with Gasteiger partial charge in [0.25, 0.3) is 0 Å². The fourth-order valence-electron chi connectivity index (χ4n) is 2.78. The smallest absolute Gasteiger partial charge is 0.248 e. The molecule has 24 heavy (non-hydrogen) atoms. The van der Waals surface area contributed by atoms with Gasteiger partial charge in [0.2, 0.25) is 5.91 Å². The lowest BCUT2D eigenvalue weighted by Gasteiger charge is -2.30. The van der Waals surface area contributed by atoms with Gasteiger partial charge < -0.3 is 15.2 Å². The molecule has 0 bridgehead atoms. The molecule has 2 aromatic carbocycles. The Bertz CT molecular complexity index is 700. The summed E-state index contributed by atoms with van der Waals surface area (Å²) in [7, 11) is 0. The number of carbonyl (C=O) groups excluding carboxylic acids is 1. The molecule has 0 aliphatic carbocycles. The first-order valence-electron chi connectivity index (χ1n) is 8.15. The number of rotatable bonds is 6. The molecular weight excluding hydrogens is 304 g/mol. The van der Waals surface area contributed by atoms with E-state index in [1.54, 1.807) is 12.1 Å². The number of primary amides is 1. The summed E-state index contributed by atoms with van der Waals surface area (Å²) in [5.74, 6) is 1.20. The van der Waals surface area contributed by atoms with Gasteiger partial charge in [0.05, 0.1) is 0 Å². The van der Waals surface area contributed by atoms with E-state index in [0.29, 0.717) is 12.2 Å². The van der Waals surface area contributed by atoms with Crippen LogP contribution in [0.5, 0.6) is 11.5 Å². The molecule has 5 heteroatoms. The van der Waals surface area contributed by atoms with Gasteiger partial charge in [-0.2, -0.15) is 0 Å². The van der Waals surface area contributed by atoms with Crippen molar-refractivity contribution >= 4 is 5.91 Å². The van der Waals surface area contributed by atoms with Gasteiger partial charge in [-0.3, -0.25) is 9.69 Å². The third kappa shape index (κ3) is 3.86. The van der Waals surface area contributed by atoms with E-state index < -0.39 is 5.91 Å². The van der Waals surface area contributed by atoms with Crippen molar-refractivity contribution in [3.63, 3.8) is 0 Å². The topological polar surface area (TPSA) is 64.8 Å². The number of fused-ring (bicyclic) bond motifs is 1. The summed E-state index contributed by atoms with van der Waals surface area (Å²) in [6, 6.07) is 15.2. The van der Waals surface area contributed by atoms with Gasteiger partial charge in [-0.25, -0.2) is 0 Å². The van der Waals surface area contributed by atoms with Crippen molar-refractivity contribution in [1.29, 1.82) is 0 Å². The summed E-state index contributed by atoms with van der Waals surface area (Å²) in [6.45, 7) is 5.14. The van der Waals surface area contributed by atoms with Crippen LogP contribution in [0.2, 0.25) is 0 Å². The standard InChI is InChI=1S/C19H22N2O3/c1-2-21(11-14-7-9-15(10-8-14)19(20)22)12-16-13-23-17-5-3-4-6-18(17)24-16/h3-10,16H,2,11-13H2,1H3,(H2,20,22)/t16-/m1/s1. The lowest BCUT2D eigenvalue weighted by atomic mass is 10.1. The van der Waals surface area contributed by atoms with Crippen molar-refractivity contribution in [3.8, 4) is 11.5 Å². The van der Waals surface area contributed by atoms with Gasteiger partial charge >= 0.3 is 0 Å². The van der Waals surface area contributed by atoms with E-state index in [9.17, 15) is 4.79 Å². The van der Waals surface area contributed by atoms with Crippen molar-refractivity contribution < 1.29 is 14.3 Å². The number of hydrogen-bond donors (Lipinski definition) is 1. The maximum absolute atomic E-state index is 11.1. The van der Waals surface area contributed by atoms with E-state index in [0.717, 1.165) is 36.7 Å². The van der Waals surface area contributed by atoms with Gasteiger partial charge in [-0.1, -0.05) is 31.2 Å². The summed E-state index contributed by atoms with van der Waals surface area (Å²) >= 11 is 0. The zero-order chi connectivity index (χ0) is 16.9. The molecule has 0 radical (unpaired) electrons. The number of hydrogen-bond acceptors (Lipinski definition) is 4. The van der Waals surface area contributed by atoms with Gasteiger partial charge in [0.15, 0.2) is 11.5 Å². The molecular formula is C19H22N2O3. The van der Waals surface area contributed by atoms with Crippen molar-refractivity contribution in [1.82, 2.24) is 4.90 Å². The van der Waals surface area contributed by atoms with Crippen LogP contribution in [0.15, 0.2) is 48.5 Å². The Hall–Kier alpha value is -2.53. The highest BCUT2D eigenvalue weighted by molar-refractivity contribution is 5.92. The number of likely N-dealkylation sites (N-methyl/N-ethyl adjacent to an activating group) is 1. The molecule has 0 saturated carbocycles. The molecule has 0 aromatic heterocycles. The number of nitrogens with two attached hydrogens (primary N) is 1. The minimum Gasteiger partial charge on any atom is -0.486 e. The summed E-state index contributed by atoms with van der Waals surface area (Å²) < 4.78 is 11.8. The lowest BCUT2D eigenvalue weighted by molar-refractivity contribution is 0.0580. The van der Waals surface area contributed by atoms with Crippen LogP contribution in [0.1, 0.15) is 22.8 Å². The first-order chi connectivity index (χ1) is 11.7. The van der Waals surface area contributed by atoms with Crippen molar-refractivity contribution in [3.05, 3.63) is 59.7 Å². The maximum atomic E-state index is 11.1. The molecule has 0 saturated heterocycles. The Morgan fingerprint density at radius 1 is 1.17 bits per heavy atom. The average Bonchev–Trinajstić information content (AvgIpc) is 2.61. The fraction of sp³-hybridized carbons (Fsp3) is 0.316. The highest BCUT2D eigenvalue weighted by atomic mass is 16.6. The Kier molecular flexibility index (Phi) is 5.01. The highest BCUT2D eigenvalue weighted by Crippen LogP contribution is 2.31. The predicted molar refractivity (Wildman–Crippen MR) is 92.3 cm³/mol. The zero-order valence-electron chi connectivity index (χ0n) is 13.8. The van der Waals surface area contributed by atoms with Gasteiger partial charge in [-0.15, -0.1) is 0 Å². The van der Waals surface area contributed by atoms with Crippen LogP contribution in [0, 0.1) is 0 Å². The Labute approximate surface area is 142 Å². The van der Waals surface area contributed by atoms with Crippen LogP contribution in [-0.2, 0) is 6.54 Å². The first-order valence-corrected chi connectivity index (χ1v) is 8.15. The zero-order valence-corrected chi connectivity index (χ0v) is 13.8. The number of carbonyl (C=O) groups is 1. The van der Waals surface area contributed by atoms with Crippen LogP contribution in [0.25, 0.3) is 0 Å². The summed E-state index contributed by atoms with van der Waals surface area (Å²) in [5.41, 5.74) is 6.94. The van der Waals surface area contributed by atoms with Gasteiger partial charge in [-0.05, 0) is 36.4 Å². The minimum absolute atomic E-state index is 0.00439. The van der Waals surface area contributed by atoms with Crippen molar-refractivity contribution in [2.24, 2.45) is 5.73 Å². The summed E-state index contributed by atoms with van der Waals surface area (Å²) in [4.78, 5) is 13.4. The van der Waals surface area contributed by atoms with E-state index in [2.05, 4.69) is 11.8 Å². The lowest BCUT2D eigenvalue weighted by Crippen LogP contribution is -2.40. The molecule has 5 nitrogen and oxygen atoms in total. The highest BCUT2D eigenvalue weighted by Gasteiger charge is 2.22. The number of benzene rings is 2. The Balaban J connectivity index is 1.60. The maximum Gasteiger partial charge on any atom is 0.248 e. The molecule has 2 N–H and O–H groups in total. The molecule has 1 atom stereocenters. The largest absolute Gasteiger partial charge is 0.486 e. The van der Waals surface area contributed by atoms with Crippen LogP contribution in [-0.4, -0.2) is 36.6 Å². The van der Waals surface area contributed by atoms with E-state index in [4.69, 9.17) is 15.2 Å². The molecule has 0 spiro atoms. The quantitative estimate of drug-likeness (QED) is 0.885. The fourth-order valence-corrected chi connectivity index (χ4v) is 2.78. The number of amides is 1. The molecule has 1 amide bonds. The van der Waals surface area contributed by atoms with Crippen LogP contribution < -0.4 is 15.2 Å². The SMILES string of the molecule is CCN(Cc1ccc(C(N)=O)cc1)C[C@@H]1COc2ccccc2O1. The number of ether oxygens (including phenoxy) is 2.